The molecule has 0 rings (SSSR count). The Morgan fingerprint density at radius 1 is 1.00 bits per heavy atom. The summed E-state index contributed by atoms with van der Waals surface area (Å²) < 4.78 is 4.81. The predicted molar refractivity (Wildman–Crippen MR) is 99.7 cm³/mol. The molecule has 0 amide bonds. The molecule has 1 N–H and O–H groups in total. The SMILES string of the molecule is CC/C=C\CCC(CC)C(=O)O.CCCCC=COC(=O)CCC. The zero-order chi connectivity index (χ0) is 18.6. The fraction of sp³-hybridized carbons (Fsp3) is 0.700. The number of carboxylic acid groups (broad SMARTS) is 1. The van der Waals surface area contributed by atoms with Gasteiger partial charge in [0.15, 0.2) is 0 Å². The fourth-order valence-corrected chi connectivity index (χ4v) is 1.86. The molecule has 0 spiro atoms. The third-order valence-corrected chi connectivity index (χ3v) is 3.40. The van der Waals surface area contributed by atoms with Crippen molar-refractivity contribution in [2.75, 3.05) is 0 Å². The summed E-state index contributed by atoms with van der Waals surface area (Å²) in [6.45, 7) is 8.09. The van der Waals surface area contributed by atoms with Crippen molar-refractivity contribution in [1.82, 2.24) is 0 Å². The van der Waals surface area contributed by atoms with Gasteiger partial charge in [0.05, 0.1) is 12.2 Å². The minimum absolute atomic E-state index is 0.134. The quantitative estimate of drug-likeness (QED) is 0.209. The van der Waals surface area contributed by atoms with E-state index < -0.39 is 5.97 Å². The van der Waals surface area contributed by atoms with Crippen LogP contribution in [0.4, 0.5) is 0 Å². The number of esters is 1. The van der Waals surface area contributed by atoms with Gasteiger partial charge in [0.2, 0.25) is 0 Å². The van der Waals surface area contributed by atoms with Gasteiger partial charge in [0.1, 0.15) is 0 Å². The molecule has 1 atom stereocenters. The molecular formula is C20H36O4. The molecule has 0 aromatic rings. The molecule has 0 aromatic carbocycles. The zero-order valence-electron chi connectivity index (χ0n) is 15.9. The second kappa shape index (κ2) is 19.5. The van der Waals surface area contributed by atoms with Crippen LogP contribution in [0.25, 0.3) is 0 Å². The van der Waals surface area contributed by atoms with Crippen LogP contribution in [0.5, 0.6) is 0 Å². The van der Waals surface area contributed by atoms with Crippen molar-refractivity contribution in [3.8, 4) is 0 Å². The largest absolute Gasteiger partial charge is 0.481 e. The van der Waals surface area contributed by atoms with E-state index in [1.54, 1.807) is 0 Å². The van der Waals surface area contributed by atoms with Crippen LogP contribution in [0.15, 0.2) is 24.5 Å². The van der Waals surface area contributed by atoms with Gasteiger partial charge in [0, 0.05) is 6.42 Å². The van der Waals surface area contributed by atoms with Crippen molar-refractivity contribution in [3.05, 3.63) is 24.5 Å². The van der Waals surface area contributed by atoms with Crippen molar-refractivity contribution < 1.29 is 19.4 Å². The Balaban J connectivity index is 0. The van der Waals surface area contributed by atoms with Gasteiger partial charge in [0.25, 0.3) is 0 Å². The summed E-state index contributed by atoms with van der Waals surface area (Å²) in [7, 11) is 0. The molecule has 1 unspecified atom stereocenters. The monoisotopic (exact) mass is 340 g/mol. The molecule has 0 aliphatic heterocycles. The lowest BCUT2D eigenvalue weighted by molar-refractivity contribution is -0.142. The Hall–Kier alpha value is -1.58. The van der Waals surface area contributed by atoms with Gasteiger partial charge < -0.3 is 9.84 Å². The number of carbonyl (C=O) groups is 2. The smallest absolute Gasteiger partial charge is 0.310 e. The first-order chi connectivity index (χ1) is 11.5. The van der Waals surface area contributed by atoms with Crippen LogP contribution in [0.3, 0.4) is 0 Å². The summed E-state index contributed by atoms with van der Waals surface area (Å²) in [6.07, 6.45) is 15.6. The van der Waals surface area contributed by atoms with E-state index in [4.69, 9.17) is 9.84 Å². The number of allylic oxidation sites excluding steroid dienone is 3. The van der Waals surface area contributed by atoms with Gasteiger partial charge in [-0.05, 0) is 51.0 Å². The van der Waals surface area contributed by atoms with Crippen LogP contribution < -0.4 is 0 Å². The van der Waals surface area contributed by atoms with Crippen LogP contribution in [-0.4, -0.2) is 17.0 Å². The maximum Gasteiger partial charge on any atom is 0.310 e. The first-order valence-corrected chi connectivity index (χ1v) is 9.25. The normalized spacial score (nSPS) is 12.0. The molecule has 0 aliphatic carbocycles. The summed E-state index contributed by atoms with van der Waals surface area (Å²) >= 11 is 0. The number of rotatable bonds is 12. The van der Waals surface area contributed by atoms with Crippen molar-refractivity contribution in [2.45, 2.75) is 85.5 Å². The summed E-state index contributed by atoms with van der Waals surface area (Å²) in [4.78, 5) is 21.4. The van der Waals surface area contributed by atoms with Crippen LogP contribution >= 0.6 is 0 Å². The minimum Gasteiger partial charge on any atom is -0.481 e. The molecule has 0 aliphatic rings. The van der Waals surface area contributed by atoms with Crippen molar-refractivity contribution in [1.29, 1.82) is 0 Å². The first-order valence-electron chi connectivity index (χ1n) is 9.25. The minimum atomic E-state index is -0.664. The lowest BCUT2D eigenvalue weighted by Gasteiger charge is -2.06. The predicted octanol–water partition coefficient (Wildman–Crippen LogP) is 5.88. The van der Waals surface area contributed by atoms with E-state index in [0.29, 0.717) is 6.42 Å². The van der Waals surface area contributed by atoms with E-state index >= 15 is 0 Å². The third kappa shape index (κ3) is 18.5. The molecule has 4 heteroatoms. The van der Waals surface area contributed by atoms with Gasteiger partial charge in [-0.3, -0.25) is 9.59 Å². The van der Waals surface area contributed by atoms with Gasteiger partial charge in [-0.2, -0.15) is 0 Å². The van der Waals surface area contributed by atoms with Crippen LogP contribution in [-0.2, 0) is 14.3 Å². The van der Waals surface area contributed by atoms with Gasteiger partial charge >= 0.3 is 11.9 Å². The highest BCUT2D eigenvalue weighted by molar-refractivity contribution is 5.70. The van der Waals surface area contributed by atoms with E-state index in [1.165, 1.54) is 12.7 Å². The number of carbonyl (C=O) groups excluding carboxylic acids is 1. The van der Waals surface area contributed by atoms with E-state index in [9.17, 15) is 9.59 Å². The summed E-state index contributed by atoms with van der Waals surface area (Å²) in [5, 5.41) is 8.71. The van der Waals surface area contributed by atoms with E-state index in [-0.39, 0.29) is 11.9 Å². The Kier molecular flexibility index (Phi) is 20.0. The van der Waals surface area contributed by atoms with Crippen molar-refractivity contribution in [2.24, 2.45) is 5.92 Å². The molecule has 140 valence electrons. The topological polar surface area (TPSA) is 63.6 Å². The molecule has 24 heavy (non-hydrogen) atoms. The first kappa shape index (κ1) is 24.7. The highest BCUT2D eigenvalue weighted by atomic mass is 16.5. The standard InChI is InChI=1S/2C10H18O2/c1-3-5-6-7-8-9(4-2)10(11)12;1-3-5-6-7-9-12-10(11)8-4-2/h5-6,9H,3-4,7-8H2,1-2H3,(H,11,12);7,9H,3-6,8H2,1-2H3/b6-5-;. The molecular weight excluding hydrogens is 304 g/mol. The molecule has 0 heterocycles. The zero-order valence-corrected chi connectivity index (χ0v) is 15.9. The lowest BCUT2D eigenvalue weighted by Crippen LogP contribution is -2.11. The second-order valence-corrected chi connectivity index (χ2v) is 5.65. The van der Waals surface area contributed by atoms with E-state index in [1.807, 2.05) is 19.9 Å². The van der Waals surface area contributed by atoms with Crippen LogP contribution in [0.1, 0.15) is 85.5 Å². The van der Waals surface area contributed by atoms with E-state index in [0.717, 1.165) is 44.9 Å². The summed E-state index contributed by atoms with van der Waals surface area (Å²) in [5.74, 6) is -0.959. The van der Waals surface area contributed by atoms with E-state index in [2.05, 4.69) is 26.0 Å². The van der Waals surface area contributed by atoms with Crippen molar-refractivity contribution in [3.63, 3.8) is 0 Å². The fourth-order valence-electron chi connectivity index (χ4n) is 1.86. The van der Waals surface area contributed by atoms with Crippen LogP contribution in [0.2, 0.25) is 0 Å². The van der Waals surface area contributed by atoms with Crippen molar-refractivity contribution >= 4 is 11.9 Å². The molecule has 0 saturated heterocycles. The number of carboxylic acids is 1. The average Bonchev–Trinajstić information content (AvgIpc) is 2.55. The summed E-state index contributed by atoms with van der Waals surface area (Å²) in [5.41, 5.74) is 0. The maximum absolute atomic E-state index is 10.8. The molecule has 0 radical (unpaired) electrons. The highest BCUT2D eigenvalue weighted by Crippen LogP contribution is 2.11. The Morgan fingerprint density at radius 3 is 2.21 bits per heavy atom. The number of hydrogen-bond donors (Lipinski definition) is 1. The Morgan fingerprint density at radius 2 is 1.71 bits per heavy atom. The summed E-state index contributed by atoms with van der Waals surface area (Å²) in [6, 6.07) is 0. The number of ether oxygens (including phenoxy) is 1. The van der Waals surface area contributed by atoms with Gasteiger partial charge in [-0.1, -0.05) is 46.3 Å². The highest BCUT2D eigenvalue weighted by Gasteiger charge is 2.12. The Labute approximate surface area is 148 Å². The lowest BCUT2D eigenvalue weighted by atomic mass is 10.0. The molecule has 0 aromatic heterocycles. The maximum atomic E-state index is 10.8. The number of aliphatic carboxylic acids is 1. The molecule has 0 bridgehead atoms. The second-order valence-electron chi connectivity index (χ2n) is 5.65. The molecule has 0 fully saturated rings. The average molecular weight is 341 g/mol. The van der Waals surface area contributed by atoms with Gasteiger partial charge in [-0.15, -0.1) is 0 Å². The third-order valence-electron chi connectivity index (χ3n) is 3.40. The number of unbranched alkanes of at least 4 members (excludes halogenated alkanes) is 2. The Bertz CT molecular complexity index is 359. The number of hydrogen-bond acceptors (Lipinski definition) is 3. The van der Waals surface area contributed by atoms with Gasteiger partial charge in [-0.25, -0.2) is 0 Å². The molecule has 4 nitrogen and oxygen atoms in total. The van der Waals surface area contributed by atoms with Crippen LogP contribution in [0, 0.1) is 5.92 Å². The molecule has 0 saturated carbocycles.